The van der Waals surface area contributed by atoms with Gasteiger partial charge in [-0.1, -0.05) is 31.4 Å². The summed E-state index contributed by atoms with van der Waals surface area (Å²) in [6.07, 6.45) is 7.14. The van der Waals surface area contributed by atoms with Crippen LogP contribution < -0.4 is 5.32 Å². The summed E-state index contributed by atoms with van der Waals surface area (Å²) in [6, 6.07) is -0.593. The summed E-state index contributed by atoms with van der Waals surface area (Å²) in [5.74, 6) is -0.916. The van der Waals surface area contributed by atoms with Crippen molar-refractivity contribution in [2.24, 2.45) is 0 Å². The molecular formula is C15H16N2O3. The Morgan fingerprint density at radius 3 is 2.60 bits per heavy atom. The number of rotatable bonds is 4. The molecule has 1 N–H and O–H groups in total. The van der Waals surface area contributed by atoms with Crippen molar-refractivity contribution in [1.29, 1.82) is 0 Å². The first-order chi connectivity index (χ1) is 9.58. The predicted molar refractivity (Wildman–Crippen MR) is 74.4 cm³/mol. The quantitative estimate of drug-likeness (QED) is 0.609. The normalized spacial score (nSPS) is 23.5. The molecule has 5 heteroatoms. The highest BCUT2D eigenvalue weighted by Crippen LogP contribution is 2.26. The molecule has 2 aliphatic heterocycles. The van der Waals surface area contributed by atoms with E-state index >= 15 is 0 Å². The van der Waals surface area contributed by atoms with Gasteiger partial charge in [0.05, 0.1) is 0 Å². The van der Waals surface area contributed by atoms with Crippen LogP contribution in [0.2, 0.25) is 0 Å². The number of carbonyl (C=O) groups excluding carboxylic acids is 3. The Balaban J connectivity index is 2.21. The standard InChI is InChI=1S/C15H16N2O3/c1-3-5-6-11-10(4-2)9-17(15(11)20)12-7-8-13(18)16-14(12)19/h3-6,12H,1-2,7-9H2,(H,16,18,19)/b6-5-. The molecule has 1 unspecified atom stereocenters. The van der Waals surface area contributed by atoms with Crippen LogP contribution in [0.4, 0.5) is 0 Å². The minimum atomic E-state index is -0.593. The highest BCUT2D eigenvalue weighted by molar-refractivity contribution is 6.06. The van der Waals surface area contributed by atoms with Gasteiger partial charge in [-0.25, -0.2) is 0 Å². The second-order valence-electron chi connectivity index (χ2n) is 4.64. The molecule has 1 atom stereocenters. The summed E-state index contributed by atoms with van der Waals surface area (Å²) in [5, 5.41) is 2.27. The minimum Gasteiger partial charge on any atom is -0.322 e. The first kappa shape index (κ1) is 14.0. The SMILES string of the molecule is C=C/C=C\C1=C(C=C)CN(C2CCC(=O)NC2=O)C1=O. The van der Waals surface area contributed by atoms with Crippen LogP contribution in [0.15, 0.2) is 48.6 Å². The van der Waals surface area contributed by atoms with Gasteiger partial charge in [-0.05, 0) is 18.1 Å². The topological polar surface area (TPSA) is 66.5 Å². The molecule has 0 aromatic rings. The van der Waals surface area contributed by atoms with Gasteiger partial charge in [0, 0.05) is 18.5 Å². The zero-order valence-electron chi connectivity index (χ0n) is 11.1. The lowest BCUT2D eigenvalue weighted by Gasteiger charge is -2.29. The lowest BCUT2D eigenvalue weighted by molar-refractivity contribution is -0.142. The van der Waals surface area contributed by atoms with E-state index in [0.717, 1.165) is 5.57 Å². The second-order valence-corrected chi connectivity index (χ2v) is 4.64. The molecule has 0 aromatic heterocycles. The molecule has 20 heavy (non-hydrogen) atoms. The Hall–Kier alpha value is -2.43. The third kappa shape index (κ3) is 2.47. The zero-order chi connectivity index (χ0) is 14.7. The van der Waals surface area contributed by atoms with Crippen LogP contribution in [0, 0.1) is 0 Å². The Morgan fingerprint density at radius 1 is 1.25 bits per heavy atom. The fourth-order valence-corrected chi connectivity index (χ4v) is 2.38. The Bertz CT molecular complexity index is 557. The minimum absolute atomic E-state index is 0.215. The summed E-state index contributed by atoms with van der Waals surface area (Å²) in [5.41, 5.74) is 1.29. The molecule has 0 bridgehead atoms. The summed E-state index contributed by atoms with van der Waals surface area (Å²) >= 11 is 0. The van der Waals surface area contributed by atoms with E-state index < -0.39 is 11.9 Å². The summed E-state index contributed by atoms with van der Waals surface area (Å²) in [4.78, 5) is 36.9. The average Bonchev–Trinajstić information content (AvgIpc) is 2.73. The van der Waals surface area contributed by atoms with E-state index in [1.54, 1.807) is 24.3 Å². The molecule has 1 saturated heterocycles. The third-order valence-corrected chi connectivity index (χ3v) is 3.41. The maximum Gasteiger partial charge on any atom is 0.255 e. The van der Waals surface area contributed by atoms with Gasteiger partial charge in [0.2, 0.25) is 11.8 Å². The highest BCUT2D eigenvalue weighted by atomic mass is 16.2. The molecule has 5 nitrogen and oxygen atoms in total. The van der Waals surface area contributed by atoms with Gasteiger partial charge < -0.3 is 4.90 Å². The predicted octanol–water partition coefficient (Wildman–Crippen LogP) is 0.859. The number of carbonyl (C=O) groups is 3. The summed E-state index contributed by atoms with van der Waals surface area (Å²) < 4.78 is 0. The smallest absolute Gasteiger partial charge is 0.255 e. The van der Waals surface area contributed by atoms with Gasteiger partial charge in [0.1, 0.15) is 6.04 Å². The zero-order valence-corrected chi connectivity index (χ0v) is 11.1. The van der Waals surface area contributed by atoms with E-state index in [2.05, 4.69) is 18.5 Å². The maximum absolute atomic E-state index is 12.4. The van der Waals surface area contributed by atoms with Crippen molar-refractivity contribution in [3.8, 4) is 0 Å². The monoisotopic (exact) mass is 272 g/mol. The van der Waals surface area contributed by atoms with Crippen molar-refractivity contribution in [2.45, 2.75) is 18.9 Å². The van der Waals surface area contributed by atoms with Crippen molar-refractivity contribution in [2.75, 3.05) is 6.54 Å². The Morgan fingerprint density at radius 2 is 2.00 bits per heavy atom. The molecule has 0 saturated carbocycles. The van der Waals surface area contributed by atoms with Crippen LogP contribution in [-0.4, -0.2) is 35.2 Å². The molecule has 2 aliphatic rings. The van der Waals surface area contributed by atoms with Crippen molar-refractivity contribution >= 4 is 17.7 Å². The number of allylic oxidation sites excluding steroid dienone is 2. The molecule has 1 fully saturated rings. The van der Waals surface area contributed by atoms with Crippen molar-refractivity contribution in [1.82, 2.24) is 10.2 Å². The van der Waals surface area contributed by atoms with Gasteiger partial charge in [-0.3, -0.25) is 19.7 Å². The molecule has 0 spiro atoms. The second kappa shape index (κ2) is 5.69. The number of nitrogens with zero attached hydrogens (tertiary/aromatic N) is 1. The summed E-state index contributed by atoms with van der Waals surface area (Å²) in [6.45, 7) is 7.60. The van der Waals surface area contributed by atoms with Crippen molar-refractivity contribution < 1.29 is 14.4 Å². The number of hydrogen-bond acceptors (Lipinski definition) is 3. The molecule has 0 aliphatic carbocycles. The third-order valence-electron chi connectivity index (χ3n) is 3.41. The molecule has 0 aromatic carbocycles. The number of piperidine rings is 1. The van der Waals surface area contributed by atoms with E-state index in [-0.39, 0.29) is 18.2 Å². The molecule has 0 radical (unpaired) electrons. The van der Waals surface area contributed by atoms with Gasteiger partial charge in [0.25, 0.3) is 5.91 Å². The van der Waals surface area contributed by atoms with Crippen LogP contribution in [0.5, 0.6) is 0 Å². The Labute approximate surface area is 117 Å². The van der Waals surface area contributed by atoms with Gasteiger partial charge in [0.15, 0.2) is 0 Å². The largest absolute Gasteiger partial charge is 0.322 e. The highest BCUT2D eigenvalue weighted by Gasteiger charge is 2.38. The Kier molecular flexibility index (Phi) is 3.98. The number of hydrogen-bond donors (Lipinski definition) is 1. The molecule has 3 amide bonds. The fourth-order valence-electron chi connectivity index (χ4n) is 2.38. The molecular weight excluding hydrogens is 256 g/mol. The van der Waals surface area contributed by atoms with E-state index in [9.17, 15) is 14.4 Å². The summed E-state index contributed by atoms with van der Waals surface area (Å²) in [7, 11) is 0. The van der Waals surface area contributed by atoms with Gasteiger partial charge in [-0.2, -0.15) is 0 Å². The van der Waals surface area contributed by atoms with Crippen LogP contribution in [0.3, 0.4) is 0 Å². The number of imide groups is 1. The lowest BCUT2D eigenvalue weighted by atomic mass is 10.0. The van der Waals surface area contributed by atoms with Crippen molar-refractivity contribution in [3.05, 3.63) is 48.6 Å². The van der Waals surface area contributed by atoms with E-state index in [0.29, 0.717) is 18.5 Å². The van der Waals surface area contributed by atoms with Gasteiger partial charge in [-0.15, -0.1) is 0 Å². The lowest BCUT2D eigenvalue weighted by Crippen LogP contribution is -2.53. The molecule has 2 heterocycles. The first-order valence-corrected chi connectivity index (χ1v) is 6.37. The first-order valence-electron chi connectivity index (χ1n) is 6.37. The van der Waals surface area contributed by atoms with Crippen molar-refractivity contribution in [3.63, 3.8) is 0 Å². The maximum atomic E-state index is 12.4. The number of nitrogens with one attached hydrogen (secondary N) is 1. The van der Waals surface area contributed by atoms with E-state index in [4.69, 9.17) is 0 Å². The van der Waals surface area contributed by atoms with Gasteiger partial charge >= 0.3 is 0 Å². The fraction of sp³-hybridized carbons (Fsp3) is 0.267. The van der Waals surface area contributed by atoms with Crippen LogP contribution in [0.1, 0.15) is 12.8 Å². The van der Waals surface area contributed by atoms with Crippen LogP contribution in [0.25, 0.3) is 0 Å². The molecule has 2 rings (SSSR count). The van der Waals surface area contributed by atoms with Crippen LogP contribution in [-0.2, 0) is 14.4 Å². The average molecular weight is 272 g/mol. The van der Waals surface area contributed by atoms with E-state index in [1.807, 2.05) is 0 Å². The number of amides is 3. The van der Waals surface area contributed by atoms with E-state index in [1.165, 1.54) is 4.90 Å². The van der Waals surface area contributed by atoms with Crippen LogP contribution >= 0.6 is 0 Å². The molecule has 104 valence electrons.